The molecule has 86 valence electrons. The van der Waals surface area contributed by atoms with Gasteiger partial charge < -0.3 is 4.40 Å². The van der Waals surface area contributed by atoms with E-state index in [1.54, 1.807) is 0 Å². The fourth-order valence-corrected chi connectivity index (χ4v) is 1.82. The van der Waals surface area contributed by atoms with E-state index < -0.39 is 0 Å². The van der Waals surface area contributed by atoms with Crippen LogP contribution in [0.3, 0.4) is 0 Å². The fraction of sp³-hybridized carbons (Fsp3) is 0. The fourth-order valence-electron chi connectivity index (χ4n) is 1.69. The van der Waals surface area contributed by atoms with Crippen molar-refractivity contribution in [2.75, 3.05) is 0 Å². The molecule has 3 aromatic rings. The summed E-state index contributed by atoms with van der Waals surface area (Å²) in [4.78, 5) is 4.53. The Morgan fingerprint density at radius 3 is 2.47 bits per heavy atom. The molecule has 3 rings (SSSR count). The Hall–Kier alpha value is -1.07. The van der Waals surface area contributed by atoms with Crippen molar-refractivity contribution in [1.82, 2.24) is 9.38 Å². The van der Waals surface area contributed by atoms with Crippen LogP contribution in [0.1, 0.15) is 0 Å². The number of hydrogen-bond donors (Lipinski definition) is 0. The summed E-state index contributed by atoms with van der Waals surface area (Å²) in [5.41, 5.74) is 2.99. The molecule has 0 N–H and O–H groups in total. The van der Waals surface area contributed by atoms with Crippen LogP contribution in [0, 0.1) is 0 Å². The van der Waals surface area contributed by atoms with E-state index >= 15 is 0 Å². The molecule has 17 heavy (non-hydrogen) atoms. The molecule has 0 saturated heterocycles. The molecule has 0 saturated carbocycles. The third kappa shape index (κ3) is 2.45. The first-order valence-corrected chi connectivity index (χ1v) is 5.40. The largest absolute Gasteiger partial charge is 0.306 e. The first kappa shape index (κ1) is 12.4. The quantitative estimate of drug-likeness (QED) is 0.595. The summed E-state index contributed by atoms with van der Waals surface area (Å²) < 4.78 is 2.00. The zero-order chi connectivity index (χ0) is 11.0. The smallest absolute Gasteiger partial charge is 0.137 e. The predicted octanol–water partition coefficient (Wildman–Crippen LogP) is 4.27. The maximum atomic E-state index is 5.85. The lowest BCUT2D eigenvalue weighted by Crippen LogP contribution is -1.77. The SMILES string of the molecule is Clc1ccc(-c2cn3ccccc3n2)cc1.I. The molecule has 0 aliphatic rings. The predicted molar refractivity (Wildman–Crippen MR) is 81.1 cm³/mol. The summed E-state index contributed by atoms with van der Waals surface area (Å²) in [7, 11) is 0. The standard InChI is InChI=1S/C13H9ClN2.HI/c14-11-6-4-10(5-7-11)12-9-16-8-2-1-3-13(16)15-12;/h1-9H;1H. The number of nitrogens with zero attached hydrogens (tertiary/aromatic N) is 2. The summed E-state index contributed by atoms with van der Waals surface area (Å²) in [6.07, 6.45) is 4.00. The van der Waals surface area contributed by atoms with E-state index in [4.69, 9.17) is 11.6 Å². The molecule has 0 amide bonds. The second-order valence-electron chi connectivity index (χ2n) is 3.60. The van der Waals surface area contributed by atoms with Gasteiger partial charge in [0.05, 0.1) is 5.69 Å². The van der Waals surface area contributed by atoms with Crippen molar-refractivity contribution in [3.63, 3.8) is 0 Å². The highest BCUT2D eigenvalue weighted by Gasteiger charge is 2.02. The molecule has 0 radical (unpaired) electrons. The minimum atomic E-state index is 0. The molecule has 4 heteroatoms. The summed E-state index contributed by atoms with van der Waals surface area (Å²) in [5.74, 6) is 0. The molecule has 2 aromatic heterocycles. The number of aromatic nitrogens is 2. The van der Waals surface area contributed by atoms with E-state index in [1.165, 1.54) is 0 Å². The van der Waals surface area contributed by atoms with Gasteiger partial charge in [-0.25, -0.2) is 4.98 Å². The van der Waals surface area contributed by atoms with E-state index in [-0.39, 0.29) is 24.0 Å². The highest BCUT2D eigenvalue weighted by atomic mass is 127. The molecule has 0 aliphatic carbocycles. The van der Waals surface area contributed by atoms with E-state index in [0.29, 0.717) is 0 Å². The number of rotatable bonds is 1. The van der Waals surface area contributed by atoms with Gasteiger partial charge in [-0.1, -0.05) is 29.8 Å². The molecular weight excluding hydrogens is 347 g/mol. The molecular formula is C13H10ClIN2. The van der Waals surface area contributed by atoms with Gasteiger partial charge in [0.15, 0.2) is 0 Å². The second-order valence-corrected chi connectivity index (χ2v) is 4.04. The lowest BCUT2D eigenvalue weighted by atomic mass is 10.2. The number of hydrogen-bond acceptors (Lipinski definition) is 1. The van der Waals surface area contributed by atoms with Gasteiger partial charge in [0.1, 0.15) is 5.65 Å². The molecule has 2 nitrogen and oxygen atoms in total. The Morgan fingerprint density at radius 2 is 1.76 bits per heavy atom. The number of benzene rings is 1. The molecule has 0 atom stereocenters. The third-order valence-corrected chi connectivity index (χ3v) is 2.76. The van der Waals surface area contributed by atoms with E-state index in [1.807, 2.05) is 59.3 Å². The Kier molecular flexibility index (Phi) is 3.69. The van der Waals surface area contributed by atoms with Crippen molar-refractivity contribution in [1.29, 1.82) is 0 Å². The van der Waals surface area contributed by atoms with Crippen LogP contribution in [0.15, 0.2) is 54.9 Å². The van der Waals surface area contributed by atoms with Gasteiger partial charge in [-0.05, 0) is 24.3 Å². The summed E-state index contributed by atoms with van der Waals surface area (Å²) in [6, 6.07) is 13.7. The Labute approximate surface area is 121 Å². The van der Waals surface area contributed by atoms with Crippen LogP contribution in [0.2, 0.25) is 5.02 Å². The van der Waals surface area contributed by atoms with Gasteiger partial charge >= 0.3 is 0 Å². The monoisotopic (exact) mass is 356 g/mol. The van der Waals surface area contributed by atoms with Gasteiger partial charge in [0.25, 0.3) is 0 Å². The number of imidazole rings is 1. The average molecular weight is 357 g/mol. The van der Waals surface area contributed by atoms with Crippen LogP contribution in [0.25, 0.3) is 16.9 Å². The molecule has 0 aliphatic heterocycles. The minimum Gasteiger partial charge on any atom is -0.306 e. The lowest BCUT2D eigenvalue weighted by molar-refractivity contribution is 1.19. The van der Waals surface area contributed by atoms with Gasteiger partial charge in [-0.2, -0.15) is 0 Å². The van der Waals surface area contributed by atoms with Crippen LogP contribution in [-0.4, -0.2) is 9.38 Å². The van der Waals surface area contributed by atoms with Crippen molar-refractivity contribution in [2.24, 2.45) is 0 Å². The second kappa shape index (κ2) is 5.06. The maximum absolute atomic E-state index is 5.85. The average Bonchev–Trinajstić information content (AvgIpc) is 2.73. The van der Waals surface area contributed by atoms with Crippen LogP contribution in [0.4, 0.5) is 0 Å². The molecule has 2 heterocycles. The van der Waals surface area contributed by atoms with Crippen LogP contribution in [-0.2, 0) is 0 Å². The highest BCUT2D eigenvalue weighted by molar-refractivity contribution is 14.0. The Morgan fingerprint density at radius 1 is 1.00 bits per heavy atom. The summed E-state index contributed by atoms with van der Waals surface area (Å²) >= 11 is 5.85. The first-order chi connectivity index (χ1) is 7.83. The van der Waals surface area contributed by atoms with Crippen molar-refractivity contribution in [3.8, 4) is 11.3 Å². The molecule has 1 aromatic carbocycles. The van der Waals surface area contributed by atoms with Gasteiger partial charge in [0, 0.05) is 23.0 Å². The number of halogens is 2. The maximum Gasteiger partial charge on any atom is 0.137 e. The molecule has 0 bridgehead atoms. The van der Waals surface area contributed by atoms with Gasteiger partial charge in [0.2, 0.25) is 0 Å². The van der Waals surface area contributed by atoms with Crippen molar-refractivity contribution in [3.05, 3.63) is 59.9 Å². The molecule has 0 unspecified atom stereocenters. The van der Waals surface area contributed by atoms with Crippen LogP contribution in [0.5, 0.6) is 0 Å². The van der Waals surface area contributed by atoms with Crippen LogP contribution < -0.4 is 0 Å². The van der Waals surface area contributed by atoms with Gasteiger partial charge in [-0.15, -0.1) is 24.0 Å². The Balaban J connectivity index is 0.00000108. The van der Waals surface area contributed by atoms with Crippen LogP contribution >= 0.6 is 35.6 Å². The zero-order valence-corrected chi connectivity index (χ0v) is 12.0. The normalized spacial score (nSPS) is 10.2. The van der Waals surface area contributed by atoms with Gasteiger partial charge in [-0.3, -0.25) is 0 Å². The summed E-state index contributed by atoms with van der Waals surface area (Å²) in [6.45, 7) is 0. The lowest BCUT2D eigenvalue weighted by Gasteiger charge is -1.94. The highest BCUT2D eigenvalue weighted by Crippen LogP contribution is 2.20. The van der Waals surface area contributed by atoms with E-state index in [0.717, 1.165) is 21.9 Å². The van der Waals surface area contributed by atoms with Crippen molar-refractivity contribution in [2.45, 2.75) is 0 Å². The topological polar surface area (TPSA) is 17.3 Å². The van der Waals surface area contributed by atoms with Crippen molar-refractivity contribution < 1.29 is 0 Å². The number of pyridine rings is 1. The summed E-state index contributed by atoms with van der Waals surface area (Å²) in [5, 5.41) is 0.743. The number of fused-ring (bicyclic) bond motifs is 1. The van der Waals surface area contributed by atoms with Crippen molar-refractivity contribution >= 4 is 41.2 Å². The molecule has 0 spiro atoms. The molecule has 0 fully saturated rings. The van der Waals surface area contributed by atoms with E-state index in [2.05, 4.69) is 4.98 Å². The first-order valence-electron chi connectivity index (χ1n) is 5.02. The zero-order valence-electron chi connectivity index (χ0n) is 8.88. The van der Waals surface area contributed by atoms with E-state index in [9.17, 15) is 0 Å². The Bertz CT molecular complexity index is 598. The minimum absolute atomic E-state index is 0. The third-order valence-electron chi connectivity index (χ3n) is 2.50.